The molecule has 0 spiro atoms. The van der Waals surface area contributed by atoms with Crippen molar-refractivity contribution in [2.45, 2.75) is 26.3 Å². The third-order valence-electron chi connectivity index (χ3n) is 3.23. The van der Waals surface area contributed by atoms with Gasteiger partial charge in [0.1, 0.15) is 5.75 Å². The first-order valence-electron chi connectivity index (χ1n) is 7.16. The average molecular weight is 305 g/mol. The second kappa shape index (κ2) is 7.43. The van der Waals surface area contributed by atoms with Crippen molar-refractivity contribution in [3.63, 3.8) is 0 Å². The molecule has 0 radical (unpaired) electrons. The van der Waals surface area contributed by atoms with Crippen molar-refractivity contribution in [2.24, 2.45) is 0 Å². The zero-order valence-electron chi connectivity index (χ0n) is 12.7. The number of ether oxygens (including phenoxy) is 1. The fourth-order valence-electron chi connectivity index (χ4n) is 2.35. The third kappa shape index (κ3) is 4.19. The van der Waals surface area contributed by atoms with E-state index in [4.69, 9.17) is 16.3 Å². The third-order valence-corrected chi connectivity index (χ3v) is 3.45. The van der Waals surface area contributed by atoms with Crippen molar-refractivity contribution < 1.29 is 4.74 Å². The van der Waals surface area contributed by atoms with Crippen molar-refractivity contribution >= 4 is 11.6 Å². The van der Waals surface area contributed by atoms with Gasteiger partial charge in [0.2, 0.25) is 0 Å². The Labute approximate surface area is 131 Å². The van der Waals surface area contributed by atoms with Crippen molar-refractivity contribution in [2.75, 3.05) is 13.7 Å². The van der Waals surface area contributed by atoms with E-state index in [2.05, 4.69) is 23.3 Å². The summed E-state index contributed by atoms with van der Waals surface area (Å²) in [5.41, 5.74) is 3.33. The summed E-state index contributed by atoms with van der Waals surface area (Å²) in [4.78, 5) is 4.28. The van der Waals surface area contributed by atoms with Crippen LogP contribution in [0.3, 0.4) is 0 Å². The summed E-state index contributed by atoms with van der Waals surface area (Å²) in [6.07, 6.45) is 4.58. The number of halogens is 1. The van der Waals surface area contributed by atoms with Crippen LogP contribution in [0.5, 0.6) is 5.75 Å². The Morgan fingerprint density at radius 2 is 2.00 bits per heavy atom. The van der Waals surface area contributed by atoms with E-state index in [1.807, 2.05) is 38.4 Å². The molecule has 0 bridgehead atoms. The zero-order chi connectivity index (χ0) is 15.2. The number of aromatic nitrogens is 1. The van der Waals surface area contributed by atoms with Gasteiger partial charge < -0.3 is 10.1 Å². The second-order valence-corrected chi connectivity index (χ2v) is 5.52. The molecule has 1 unspecified atom stereocenters. The van der Waals surface area contributed by atoms with E-state index in [9.17, 15) is 0 Å². The van der Waals surface area contributed by atoms with E-state index in [-0.39, 0.29) is 6.04 Å². The zero-order valence-corrected chi connectivity index (χ0v) is 13.4. The lowest BCUT2D eigenvalue weighted by Gasteiger charge is -2.18. The molecule has 112 valence electrons. The van der Waals surface area contributed by atoms with Gasteiger partial charge in [-0.15, -0.1) is 0 Å². The van der Waals surface area contributed by atoms with Gasteiger partial charge >= 0.3 is 0 Å². The highest BCUT2D eigenvalue weighted by molar-refractivity contribution is 6.30. The van der Waals surface area contributed by atoms with Crippen LogP contribution in [-0.2, 0) is 0 Å². The van der Waals surface area contributed by atoms with Crippen molar-refractivity contribution in [1.29, 1.82) is 0 Å². The highest BCUT2D eigenvalue weighted by Gasteiger charge is 2.14. The molecule has 4 heteroatoms. The number of benzene rings is 1. The van der Waals surface area contributed by atoms with Crippen LogP contribution < -0.4 is 10.1 Å². The van der Waals surface area contributed by atoms with Crippen LogP contribution in [0, 0.1) is 6.92 Å². The highest BCUT2D eigenvalue weighted by Crippen LogP contribution is 2.27. The molecule has 0 amide bonds. The fourth-order valence-corrected chi connectivity index (χ4v) is 2.65. The van der Waals surface area contributed by atoms with Gasteiger partial charge in [-0.1, -0.05) is 24.6 Å². The van der Waals surface area contributed by atoms with E-state index < -0.39 is 0 Å². The minimum absolute atomic E-state index is 0.0417. The summed E-state index contributed by atoms with van der Waals surface area (Å²) in [5.74, 6) is 0.799. The summed E-state index contributed by atoms with van der Waals surface area (Å²) in [6.45, 7) is 4.83. The normalized spacial score (nSPS) is 12.2. The van der Waals surface area contributed by atoms with Crippen LogP contribution in [0.4, 0.5) is 0 Å². The van der Waals surface area contributed by atoms with Gasteiger partial charge in [-0.25, -0.2) is 0 Å². The largest absolute Gasteiger partial charge is 0.492 e. The minimum atomic E-state index is 0.0417. The maximum atomic E-state index is 6.17. The topological polar surface area (TPSA) is 34.1 Å². The lowest BCUT2D eigenvalue weighted by atomic mass is 9.98. The Morgan fingerprint density at radius 1 is 1.19 bits per heavy atom. The molecule has 0 aliphatic rings. The quantitative estimate of drug-likeness (QED) is 0.871. The van der Waals surface area contributed by atoms with E-state index in [0.717, 1.165) is 33.9 Å². The summed E-state index contributed by atoms with van der Waals surface area (Å²) in [6, 6.07) is 8.14. The second-order valence-electron chi connectivity index (χ2n) is 5.09. The van der Waals surface area contributed by atoms with Gasteiger partial charge in [0.15, 0.2) is 0 Å². The molecule has 2 rings (SSSR count). The summed E-state index contributed by atoms with van der Waals surface area (Å²) in [5, 5.41) is 4.07. The summed E-state index contributed by atoms with van der Waals surface area (Å²) in [7, 11) is 1.93. The van der Waals surface area contributed by atoms with Gasteiger partial charge in [0.25, 0.3) is 0 Å². The number of nitrogens with zero attached hydrogens (tertiary/aromatic N) is 1. The summed E-state index contributed by atoms with van der Waals surface area (Å²) < 4.78 is 5.66. The van der Waals surface area contributed by atoms with Gasteiger partial charge in [0, 0.05) is 11.2 Å². The molecule has 1 heterocycles. The lowest BCUT2D eigenvalue weighted by Crippen LogP contribution is -2.18. The van der Waals surface area contributed by atoms with Crippen LogP contribution >= 0.6 is 11.6 Å². The van der Waals surface area contributed by atoms with E-state index in [0.29, 0.717) is 6.61 Å². The molecular formula is C17H21ClN2O. The molecule has 1 N–H and O–H groups in total. The minimum Gasteiger partial charge on any atom is -0.492 e. The molecule has 21 heavy (non-hydrogen) atoms. The maximum Gasteiger partial charge on any atom is 0.137 e. The van der Waals surface area contributed by atoms with Crippen molar-refractivity contribution in [3.05, 3.63) is 58.4 Å². The molecule has 0 aliphatic heterocycles. The Balaban J connectivity index is 2.32. The highest BCUT2D eigenvalue weighted by atomic mass is 35.5. The van der Waals surface area contributed by atoms with Crippen LogP contribution in [0.1, 0.15) is 36.1 Å². The molecule has 1 atom stereocenters. The van der Waals surface area contributed by atoms with E-state index >= 15 is 0 Å². The Bertz CT molecular complexity index is 581. The molecule has 0 aliphatic carbocycles. The van der Waals surface area contributed by atoms with Crippen molar-refractivity contribution in [3.8, 4) is 5.75 Å². The standard InChI is InChI=1S/C17H21ClN2O/c1-4-5-21-16-9-14(10-20-11-16)17(19-3)13-6-12(2)7-15(18)8-13/h6-11,17,19H,4-5H2,1-3H3. The molecule has 0 fully saturated rings. The molecule has 2 aromatic rings. The number of hydrogen-bond donors (Lipinski definition) is 1. The first-order valence-corrected chi connectivity index (χ1v) is 7.54. The lowest BCUT2D eigenvalue weighted by molar-refractivity contribution is 0.315. The van der Waals surface area contributed by atoms with Gasteiger partial charge in [-0.2, -0.15) is 0 Å². The number of hydrogen-bond acceptors (Lipinski definition) is 3. The number of aryl methyl sites for hydroxylation is 1. The Hall–Kier alpha value is -1.58. The smallest absolute Gasteiger partial charge is 0.137 e. The predicted molar refractivity (Wildman–Crippen MR) is 87.1 cm³/mol. The van der Waals surface area contributed by atoms with Crippen LogP contribution in [-0.4, -0.2) is 18.6 Å². The van der Waals surface area contributed by atoms with E-state index in [1.165, 1.54) is 0 Å². The maximum absolute atomic E-state index is 6.17. The number of pyridine rings is 1. The average Bonchev–Trinajstić information content (AvgIpc) is 2.45. The van der Waals surface area contributed by atoms with Crippen molar-refractivity contribution in [1.82, 2.24) is 10.3 Å². The van der Waals surface area contributed by atoms with Gasteiger partial charge in [0.05, 0.1) is 18.8 Å². The van der Waals surface area contributed by atoms with Gasteiger partial charge in [-0.05, 0) is 55.3 Å². The summed E-state index contributed by atoms with van der Waals surface area (Å²) >= 11 is 6.17. The molecule has 0 saturated carbocycles. The van der Waals surface area contributed by atoms with Crippen LogP contribution in [0.2, 0.25) is 5.02 Å². The fraction of sp³-hybridized carbons (Fsp3) is 0.353. The SMILES string of the molecule is CCCOc1cncc(C(NC)c2cc(C)cc(Cl)c2)c1. The Morgan fingerprint density at radius 3 is 2.67 bits per heavy atom. The molecule has 1 aromatic heterocycles. The number of nitrogens with one attached hydrogen (secondary N) is 1. The number of rotatable bonds is 6. The molecule has 0 saturated heterocycles. The van der Waals surface area contributed by atoms with Crippen LogP contribution in [0.25, 0.3) is 0 Å². The molecule has 3 nitrogen and oxygen atoms in total. The molecule has 1 aromatic carbocycles. The van der Waals surface area contributed by atoms with E-state index in [1.54, 1.807) is 6.20 Å². The molecular weight excluding hydrogens is 284 g/mol. The predicted octanol–water partition coefficient (Wildman–Crippen LogP) is 4.14. The first-order chi connectivity index (χ1) is 10.1. The Kier molecular flexibility index (Phi) is 5.59. The van der Waals surface area contributed by atoms with Crippen LogP contribution in [0.15, 0.2) is 36.7 Å². The monoisotopic (exact) mass is 304 g/mol. The van der Waals surface area contributed by atoms with Gasteiger partial charge in [-0.3, -0.25) is 4.98 Å². The first kappa shape index (κ1) is 15.8.